The number of primary amides is 1. The molecule has 3 nitrogen and oxygen atoms in total. The lowest BCUT2D eigenvalue weighted by Crippen LogP contribution is -2.12. The lowest BCUT2D eigenvalue weighted by atomic mass is 10.0. The fourth-order valence-electron chi connectivity index (χ4n) is 2.26. The van der Waals surface area contributed by atoms with Crippen LogP contribution in [0.25, 0.3) is 22.0 Å². The molecule has 3 aromatic rings. The van der Waals surface area contributed by atoms with Crippen LogP contribution in [0.5, 0.6) is 0 Å². The van der Waals surface area contributed by atoms with E-state index in [-0.39, 0.29) is 0 Å². The Kier molecular flexibility index (Phi) is 2.76. The van der Waals surface area contributed by atoms with Gasteiger partial charge in [0.1, 0.15) is 5.69 Å². The van der Waals surface area contributed by atoms with Gasteiger partial charge >= 0.3 is 0 Å². The molecule has 1 heterocycles. The number of amides is 1. The fourth-order valence-corrected chi connectivity index (χ4v) is 2.43. The van der Waals surface area contributed by atoms with Crippen molar-refractivity contribution in [1.29, 1.82) is 0 Å². The third-order valence-electron chi connectivity index (χ3n) is 3.07. The number of benzene rings is 2. The van der Waals surface area contributed by atoms with Crippen molar-refractivity contribution in [3.05, 3.63) is 59.2 Å². The van der Waals surface area contributed by atoms with Crippen molar-refractivity contribution in [2.75, 3.05) is 0 Å². The summed E-state index contributed by atoms with van der Waals surface area (Å²) in [6.45, 7) is 0. The van der Waals surface area contributed by atoms with Crippen molar-refractivity contribution in [2.24, 2.45) is 5.73 Å². The van der Waals surface area contributed by atoms with Gasteiger partial charge in [-0.1, -0.05) is 48.0 Å². The first-order chi connectivity index (χ1) is 9.16. The average molecular weight is 271 g/mol. The molecule has 0 unspecified atom stereocenters. The van der Waals surface area contributed by atoms with Gasteiger partial charge in [0, 0.05) is 21.5 Å². The van der Waals surface area contributed by atoms with Gasteiger partial charge in [-0.25, -0.2) is 0 Å². The van der Waals surface area contributed by atoms with Crippen molar-refractivity contribution < 1.29 is 4.79 Å². The minimum Gasteiger partial charge on any atom is -0.364 e. The van der Waals surface area contributed by atoms with Crippen molar-refractivity contribution in [3.63, 3.8) is 0 Å². The largest absolute Gasteiger partial charge is 0.364 e. The zero-order valence-electron chi connectivity index (χ0n) is 9.98. The minimum absolute atomic E-state index is 0.406. The molecule has 1 amide bonds. The first-order valence-electron chi connectivity index (χ1n) is 5.83. The predicted octanol–water partition coefficient (Wildman–Crippen LogP) is 3.59. The Labute approximate surface area is 115 Å². The number of H-pyrrole nitrogens is 1. The average Bonchev–Trinajstić information content (AvgIpc) is 2.78. The Morgan fingerprint density at radius 3 is 2.53 bits per heavy atom. The molecule has 3 N–H and O–H groups in total. The highest BCUT2D eigenvalue weighted by molar-refractivity contribution is 6.31. The molecule has 19 heavy (non-hydrogen) atoms. The number of rotatable bonds is 2. The van der Waals surface area contributed by atoms with E-state index in [2.05, 4.69) is 4.98 Å². The van der Waals surface area contributed by atoms with Crippen LogP contribution >= 0.6 is 11.6 Å². The van der Waals surface area contributed by atoms with Crippen LogP contribution in [0.3, 0.4) is 0 Å². The number of nitrogens with two attached hydrogens (primary N) is 1. The monoisotopic (exact) mass is 270 g/mol. The minimum atomic E-state index is -0.480. The van der Waals surface area contributed by atoms with Crippen molar-refractivity contribution in [2.45, 2.75) is 0 Å². The van der Waals surface area contributed by atoms with E-state index >= 15 is 0 Å². The molecule has 94 valence electrons. The lowest BCUT2D eigenvalue weighted by molar-refractivity contribution is 0.0997. The van der Waals surface area contributed by atoms with Gasteiger partial charge in [0.15, 0.2) is 0 Å². The topological polar surface area (TPSA) is 58.9 Å². The standard InChI is InChI=1S/C15H11ClN2O/c16-10-6-7-11-12(8-10)18-14(15(17)19)13(11)9-4-2-1-3-5-9/h1-8,18H,(H2,17,19). The predicted molar refractivity (Wildman–Crippen MR) is 77.3 cm³/mol. The van der Waals surface area contributed by atoms with E-state index in [0.717, 1.165) is 22.0 Å². The van der Waals surface area contributed by atoms with Gasteiger partial charge < -0.3 is 10.7 Å². The van der Waals surface area contributed by atoms with Crippen LogP contribution in [0.15, 0.2) is 48.5 Å². The maximum Gasteiger partial charge on any atom is 0.265 e. The normalized spacial score (nSPS) is 10.8. The second-order valence-electron chi connectivity index (χ2n) is 4.30. The van der Waals surface area contributed by atoms with E-state index in [1.165, 1.54) is 0 Å². The zero-order valence-corrected chi connectivity index (χ0v) is 10.7. The quantitative estimate of drug-likeness (QED) is 0.734. The Balaban J connectivity index is 2.38. The maximum atomic E-state index is 11.6. The summed E-state index contributed by atoms with van der Waals surface area (Å²) in [5, 5.41) is 1.55. The molecule has 0 aliphatic carbocycles. The summed E-state index contributed by atoms with van der Waals surface area (Å²) in [5.41, 5.74) is 8.43. The number of hydrogen-bond donors (Lipinski definition) is 2. The van der Waals surface area contributed by atoms with Gasteiger partial charge in [-0.2, -0.15) is 0 Å². The fraction of sp³-hybridized carbons (Fsp3) is 0. The summed E-state index contributed by atoms with van der Waals surface area (Å²) in [6.07, 6.45) is 0. The van der Waals surface area contributed by atoms with Crippen LogP contribution in [-0.2, 0) is 0 Å². The van der Waals surface area contributed by atoms with Gasteiger partial charge in [0.25, 0.3) is 5.91 Å². The van der Waals surface area contributed by atoms with E-state index in [9.17, 15) is 4.79 Å². The molecule has 0 saturated carbocycles. The molecule has 0 atom stereocenters. The van der Waals surface area contributed by atoms with Crippen LogP contribution in [0.2, 0.25) is 5.02 Å². The first kappa shape index (κ1) is 11.8. The second kappa shape index (κ2) is 4.44. The summed E-state index contributed by atoms with van der Waals surface area (Å²) in [5.74, 6) is -0.480. The number of aromatic nitrogens is 1. The third kappa shape index (κ3) is 1.98. The molecule has 0 aliphatic heterocycles. The van der Waals surface area contributed by atoms with E-state index in [1.807, 2.05) is 36.4 Å². The van der Waals surface area contributed by atoms with Crippen LogP contribution in [0.4, 0.5) is 0 Å². The lowest BCUT2D eigenvalue weighted by Gasteiger charge is -2.02. The van der Waals surface area contributed by atoms with Crippen molar-refractivity contribution in [3.8, 4) is 11.1 Å². The highest BCUT2D eigenvalue weighted by Gasteiger charge is 2.16. The Bertz CT molecular complexity index is 762. The van der Waals surface area contributed by atoms with Gasteiger partial charge in [-0.3, -0.25) is 4.79 Å². The van der Waals surface area contributed by atoms with Crippen LogP contribution in [-0.4, -0.2) is 10.9 Å². The van der Waals surface area contributed by atoms with E-state index < -0.39 is 5.91 Å². The van der Waals surface area contributed by atoms with E-state index in [1.54, 1.807) is 12.1 Å². The molecule has 0 aliphatic rings. The molecule has 3 rings (SSSR count). The number of fused-ring (bicyclic) bond motifs is 1. The molecular weight excluding hydrogens is 260 g/mol. The summed E-state index contributed by atoms with van der Waals surface area (Å²) in [7, 11) is 0. The summed E-state index contributed by atoms with van der Waals surface area (Å²) in [6, 6.07) is 15.2. The first-order valence-corrected chi connectivity index (χ1v) is 6.21. The molecule has 0 fully saturated rings. The Morgan fingerprint density at radius 1 is 1.11 bits per heavy atom. The maximum absolute atomic E-state index is 11.6. The number of hydrogen-bond acceptors (Lipinski definition) is 1. The van der Waals surface area contributed by atoms with Crippen LogP contribution < -0.4 is 5.73 Å². The number of halogens is 1. The molecular formula is C15H11ClN2O. The zero-order chi connectivity index (χ0) is 13.4. The van der Waals surface area contributed by atoms with Crippen molar-refractivity contribution in [1.82, 2.24) is 4.98 Å². The number of carbonyl (C=O) groups is 1. The molecule has 4 heteroatoms. The Hall–Kier alpha value is -2.26. The smallest absolute Gasteiger partial charge is 0.265 e. The molecule has 0 saturated heterocycles. The SMILES string of the molecule is NC(=O)c1[nH]c2cc(Cl)ccc2c1-c1ccccc1. The third-order valence-corrected chi connectivity index (χ3v) is 3.30. The molecule has 0 radical (unpaired) electrons. The van der Waals surface area contributed by atoms with Gasteiger partial charge in [0.2, 0.25) is 0 Å². The summed E-state index contributed by atoms with van der Waals surface area (Å²) in [4.78, 5) is 14.7. The number of aromatic amines is 1. The number of carbonyl (C=O) groups excluding carboxylic acids is 1. The van der Waals surface area contributed by atoms with Gasteiger partial charge in [0.05, 0.1) is 0 Å². The van der Waals surface area contributed by atoms with E-state index in [4.69, 9.17) is 17.3 Å². The highest BCUT2D eigenvalue weighted by atomic mass is 35.5. The Morgan fingerprint density at radius 2 is 1.84 bits per heavy atom. The molecule has 2 aromatic carbocycles. The molecule has 0 spiro atoms. The van der Waals surface area contributed by atoms with E-state index in [0.29, 0.717) is 10.7 Å². The molecule has 1 aromatic heterocycles. The summed E-state index contributed by atoms with van der Waals surface area (Å²) >= 11 is 5.97. The molecule has 0 bridgehead atoms. The van der Waals surface area contributed by atoms with Gasteiger partial charge in [-0.15, -0.1) is 0 Å². The van der Waals surface area contributed by atoms with Gasteiger partial charge in [-0.05, 0) is 17.7 Å². The van der Waals surface area contributed by atoms with Crippen LogP contribution in [0, 0.1) is 0 Å². The van der Waals surface area contributed by atoms with Crippen LogP contribution in [0.1, 0.15) is 10.5 Å². The summed E-state index contributed by atoms with van der Waals surface area (Å²) < 4.78 is 0. The second-order valence-corrected chi connectivity index (χ2v) is 4.73. The van der Waals surface area contributed by atoms with Crippen molar-refractivity contribution >= 4 is 28.4 Å². The number of nitrogens with one attached hydrogen (secondary N) is 1. The highest BCUT2D eigenvalue weighted by Crippen LogP contribution is 2.33.